The van der Waals surface area contributed by atoms with E-state index in [0.29, 0.717) is 6.04 Å². The van der Waals surface area contributed by atoms with E-state index in [0.717, 1.165) is 42.2 Å². The molecule has 0 amide bonds. The highest BCUT2D eigenvalue weighted by Crippen LogP contribution is 2.36. The zero-order valence-corrected chi connectivity index (χ0v) is 19.7. The summed E-state index contributed by atoms with van der Waals surface area (Å²) in [4.78, 5) is 7.20. The van der Waals surface area contributed by atoms with Crippen LogP contribution < -0.4 is 5.32 Å². The summed E-state index contributed by atoms with van der Waals surface area (Å²) < 4.78 is 9.05. The second-order valence-electron chi connectivity index (χ2n) is 8.97. The van der Waals surface area contributed by atoms with Crippen LogP contribution >= 0.6 is 15.9 Å². The molecule has 0 unspecified atom stereocenters. The first-order valence-corrected chi connectivity index (χ1v) is 13.5. The molecule has 0 spiro atoms. The second-order valence-corrected chi connectivity index (χ2v) is 14.6. The van der Waals surface area contributed by atoms with Crippen LogP contribution in [0.25, 0.3) is 5.65 Å². The Labute approximate surface area is 171 Å². The summed E-state index contributed by atoms with van der Waals surface area (Å²) in [6.07, 6.45) is 6.10. The summed E-state index contributed by atoms with van der Waals surface area (Å²) in [5.41, 5.74) is 0.843. The number of hydrogen-bond donors (Lipinski definition) is 1. The number of aromatic nitrogens is 3. The minimum Gasteiger partial charge on any atom is -0.416 e. The van der Waals surface area contributed by atoms with Gasteiger partial charge in [0.1, 0.15) is 5.82 Å². The summed E-state index contributed by atoms with van der Waals surface area (Å²) in [6.45, 7) is 15.6. The van der Waals surface area contributed by atoms with Crippen LogP contribution in [0.4, 0.5) is 5.82 Å². The van der Waals surface area contributed by atoms with Crippen LogP contribution in [0.1, 0.15) is 33.6 Å². The first-order chi connectivity index (χ1) is 12.7. The smallest absolute Gasteiger partial charge is 0.192 e. The number of halogens is 1. The molecule has 1 aliphatic heterocycles. The van der Waals surface area contributed by atoms with E-state index < -0.39 is 8.32 Å². The Morgan fingerprint density at radius 2 is 2.15 bits per heavy atom. The molecule has 0 bridgehead atoms. The molecule has 1 atom stereocenters. The number of rotatable bonds is 6. The molecule has 0 aliphatic carbocycles. The molecule has 27 heavy (non-hydrogen) atoms. The maximum atomic E-state index is 6.35. The lowest BCUT2D eigenvalue weighted by Crippen LogP contribution is -2.46. The van der Waals surface area contributed by atoms with Gasteiger partial charge in [0.15, 0.2) is 14.0 Å². The Kier molecular flexibility index (Phi) is 6.30. The van der Waals surface area contributed by atoms with E-state index in [1.165, 1.54) is 12.8 Å². The van der Waals surface area contributed by atoms with Crippen LogP contribution in [-0.2, 0) is 4.43 Å². The topological polar surface area (TPSA) is 54.7 Å². The molecule has 1 saturated heterocycles. The molecule has 6 nitrogen and oxygen atoms in total. The van der Waals surface area contributed by atoms with Crippen molar-refractivity contribution in [3.8, 4) is 0 Å². The van der Waals surface area contributed by atoms with Crippen LogP contribution in [0, 0.1) is 0 Å². The van der Waals surface area contributed by atoms with Crippen molar-refractivity contribution in [2.24, 2.45) is 0 Å². The van der Waals surface area contributed by atoms with Gasteiger partial charge in [0.2, 0.25) is 0 Å². The average molecular weight is 454 g/mol. The van der Waals surface area contributed by atoms with Gasteiger partial charge in [0.05, 0.1) is 10.7 Å². The Morgan fingerprint density at radius 1 is 1.37 bits per heavy atom. The zero-order chi connectivity index (χ0) is 19.7. The summed E-state index contributed by atoms with van der Waals surface area (Å²) in [6, 6.07) is 2.41. The molecular formula is C19H32BrN5OSi. The number of fused-ring (bicyclic) bond motifs is 1. The molecule has 150 valence electrons. The van der Waals surface area contributed by atoms with E-state index in [-0.39, 0.29) is 5.04 Å². The Balaban J connectivity index is 1.52. The van der Waals surface area contributed by atoms with Crippen LogP contribution in [0.3, 0.4) is 0 Å². The lowest BCUT2D eigenvalue weighted by atomic mass is 10.1. The molecule has 0 saturated carbocycles. The minimum absolute atomic E-state index is 0.269. The third-order valence-corrected chi connectivity index (χ3v) is 11.0. The van der Waals surface area contributed by atoms with Crippen LogP contribution in [-0.4, -0.2) is 60.1 Å². The third kappa shape index (κ3) is 5.10. The Bertz CT molecular complexity index is 773. The highest BCUT2D eigenvalue weighted by molar-refractivity contribution is 9.10. The van der Waals surface area contributed by atoms with Crippen molar-refractivity contribution in [3.05, 3.63) is 22.9 Å². The van der Waals surface area contributed by atoms with Crippen molar-refractivity contribution in [1.29, 1.82) is 0 Å². The SMILES string of the molecule is CC(C)(C)[Si](C)(C)OCCN1CCC[C@H](Nc2ccn3ncc(Br)c3n2)C1. The van der Waals surface area contributed by atoms with Crippen molar-refractivity contribution in [1.82, 2.24) is 19.5 Å². The number of hydrogen-bond acceptors (Lipinski definition) is 5. The van der Waals surface area contributed by atoms with Crippen molar-refractivity contribution < 1.29 is 4.43 Å². The average Bonchev–Trinajstić information content (AvgIpc) is 2.95. The summed E-state index contributed by atoms with van der Waals surface area (Å²) in [7, 11) is -1.66. The molecule has 8 heteroatoms. The molecule has 1 aliphatic rings. The quantitative estimate of drug-likeness (QED) is 0.657. The molecule has 3 heterocycles. The van der Waals surface area contributed by atoms with Gasteiger partial charge in [-0.3, -0.25) is 4.90 Å². The van der Waals surface area contributed by atoms with Gasteiger partial charge < -0.3 is 9.74 Å². The number of piperidine rings is 1. The fraction of sp³-hybridized carbons (Fsp3) is 0.684. The first-order valence-electron chi connectivity index (χ1n) is 9.78. The predicted molar refractivity (Wildman–Crippen MR) is 117 cm³/mol. The van der Waals surface area contributed by atoms with Crippen molar-refractivity contribution >= 4 is 35.7 Å². The molecule has 0 radical (unpaired) electrons. The van der Waals surface area contributed by atoms with Gasteiger partial charge in [-0.2, -0.15) is 5.10 Å². The van der Waals surface area contributed by atoms with E-state index in [1.807, 2.05) is 12.3 Å². The monoisotopic (exact) mass is 453 g/mol. The Morgan fingerprint density at radius 3 is 2.89 bits per heavy atom. The normalized spacial score (nSPS) is 19.6. The van der Waals surface area contributed by atoms with E-state index >= 15 is 0 Å². The summed E-state index contributed by atoms with van der Waals surface area (Å²) >= 11 is 3.50. The van der Waals surface area contributed by atoms with Gasteiger partial charge in [-0.15, -0.1) is 0 Å². The molecule has 1 fully saturated rings. The molecule has 2 aromatic rings. The number of likely N-dealkylation sites (tertiary alicyclic amines) is 1. The highest BCUT2D eigenvalue weighted by Gasteiger charge is 2.37. The van der Waals surface area contributed by atoms with Gasteiger partial charge in [-0.1, -0.05) is 20.8 Å². The van der Waals surface area contributed by atoms with E-state index in [9.17, 15) is 0 Å². The molecular weight excluding hydrogens is 422 g/mol. The number of nitrogens with zero attached hydrogens (tertiary/aromatic N) is 4. The minimum atomic E-state index is -1.66. The molecule has 3 rings (SSSR count). The van der Waals surface area contributed by atoms with Crippen LogP contribution in [0.2, 0.25) is 18.1 Å². The fourth-order valence-corrected chi connectivity index (χ4v) is 4.55. The summed E-state index contributed by atoms with van der Waals surface area (Å²) in [5, 5.41) is 8.12. The zero-order valence-electron chi connectivity index (χ0n) is 17.1. The molecule has 2 aromatic heterocycles. The lowest BCUT2D eigenvalue weighted by molar-refractivity contribution is 0.168. The molecule has 0 aromatic carbocycles. The van der Waals surface area contributed by atoms with Crippen LogP contribution in [0.15, 0.2) is 22.9 Å². The van der Waals surface area contributed by atoms with Gasteiger partial charge in [-0.05, 0) is 59.5 Å². The predicted octanol–water partition coefficient (Wildman–Crippen LogP) is 4.39. The third-order valence-electron chi connectivity index (χ3n) is 5.86. The standard InChI is InChI=1S/C19H32BrN5OSi/c1-19(2,3)27(4,5)26-12-11-24-9-6-7-15(14-24)22-17-8-10-25-18(23-17)16(20)13-21-25/h8,10,13,15H,6-7,9,11-12,14H2,1-5H3,(H,22,23)/t15-/m0/s1. The van der Waals surface area contributed by atoms with Crippen molar-refractivity contribution in [3.63, 3.8) is 0 Å². The van der Waals surface area contributed by atoms with E-state index in [4.69, 9.17) is 4.43 Å². The Hall–Kier alpha value is -0.963. The van der Waals surface area contributed by atoms with Crippen LogP contribution in [0.5, 0.6) is 0 Å². The lowest BCUT2D eigenvalue weighted by Gasteiger charge is -2.38. The fourth-order valence-electron chi connectivity index (χ4n) is 3.15. The largest absolute Gasteiger partial charge is 0.416 e. The van der Waals surface area contributed by atoms with E-state index in [1.54, 1.807) is 10.7 Å². The summed E-state index contributed by atoms with van der Waals surface area (Å²) in [5.74, 6) is 0.910. The van der Waals surface area contributed by atoms with Crippen molar-refractivity contribution in [2.45, 2.75) is 57.8 Å². The first kappa shape index (κ1) is 20.8. The van der Waals surface area contributed by atoms with E-state index in [2.05, 4.69) is 70.1 Å². The second kappa shape index (κ2) is 8.19. The molecule has 1 N–H and O–H groups in total. The van der Waals surface area contributed by atoms with Gasteiger partial charge >= 0.3 is 0 Å². The maximum absolute atomic E-state index is 6.35. The number of nitrogens with one attached hydrogen (secondary N) is 1. The van der Waals surface area contributed by atoms with Crippen molar-refractivity contribution in [2.75, 3.05) is 31.6 Å². The highest BCUT2D eigenvalue weighted by atomic mass is 79.9. The van der Waals surface area contributed by atoms with Gasteiger partial charge in [0.25, 0.3) is 0 Å². The maximum Gasteiger partial charge on any atom is 0.192 e. The number of anilines is 1. The van der Waals surface area contributed by atoms with Gasteiger partial charge in [-0.25, -0.2) is 9.50 Å². The van der Waals surface area contributed by atoms with Gasteiger partial charge in [0, 0.05) is 31.9 Å².